The fraction of sp³-hybridized carbons (Fsp3) is 0.353. The third-order valence-electron chi connectivity index (χ3n) is 3.56. The molecule has 1 aromatic heterocycles. The van der Waals surface area contributed by atoms with Gasteiger partial charge in [-0.05, 0) is 36.8 Å². The fourth-order valence-electron chi connectivity index (χ4n) is 2.33. The Balaban J connectivity index is 1.64. The normalized spacial score (nSPS) is 15.3. The highest BCUT2D eigenvalue weighted by Gasteiger charge is 2.11. The molecule has 0 saturated carbocycles. The summed E-state index contributed by atoms with van der Waals surface area (Å²) in [5.74, 6) is 1.69. The van der Waals surface area contributed by atoms with Gasteiger partial charge in [0.2, 0.25) is 0 Å². The zero-order valence-corrected chi connectivity index (χ0v) is 12.2. The van der Waals surface area contributed by atoms with E-state index in [0.29, 0.717) is 6.61 Å². The predicted octanol–water partition coefficient (Wildman–Crippen LogP) is 3.09. The van der Waals surface area contributed by atoms with E-state index in [1.54, 1.807) is 0 Å². The number of nitrogens with zero attached hydrogens (tertiary/aromatic N) is 1. The molecular weight excluding hydrogens is 264 g/mol. The van der Waals surface area contributed by atoms with Crippen LogP contribution >= 0.6 is 0 Å². The van der Waals surface area contributed by atoms with Crippen LogP contribution in [0.5, 0.6) is 11.5 Å². The third-order valence-corrected chi connectivity index (χ3v) is 3.56. The topological polar surface area (TPSA) is 43.4 Å². The van der Waals surface area contributed by atoms with Crippen molar-refractivity contribution in [1.29, 1.82) is 0 Å². The molecule has 110 valence electrons. The summed E-state index contributed by atoms with van der Waals surface area (Å²) in [6, 6.07) is 12.3. The Labute approximate surface area is 125 Å². The second kappa shape index (κ2) is 6.59. The number of benzene rings is 1. The molecule has 3 rings (SSSR count). The van der Waals surface area contributed by atoms with Gasteiger partial charge in [-0.25, -0.2) is 0 Å². The fourth-order valence-corrected chi connectivity index (χ4v) is 2.33. The van der Waals surface area contributed by atoms with Crippen LogP contribution in [-0.2, 0) is 6.54 Å². The number of hydrogen-bond acceptors (Lipinski definition) is 4. The molecule has 0 amide bonds. The zero-order valence-electron chi connectivity index (χ0n) is 12.2. The number of ether oxygens (including phenoxy) is 2. The summed E-state index contributed by atoms with van der Waals surface area (Å²) < 4.78 is 11.4. The minimum Gasteiger partial charge on any atom is -0.490 e. The molecule has 2 aromatic rings. The molecule has 21 heavy (non-hydrogen) atoms. The van der Waals surface area contributed by atoms with Crippen molar-refractivity contribution in [2.45, 2.75) is 25.9 Å². The third kappa shape index (κ3) is 3.52. The summed E-state index contributed by atoms with van der Waals surface area (Å²) in [4.78, 5) is 4.37. The standard InChI is InChI=1S/C17H20N2O2/c1-13(15-5-2-3-8-18-15)19-12-14-6-7-16-17(11-14)21-10-4-9-20-16/h2-3,5-8,11,13,19H,4,9-10,12H2,1H3/t13-/m1/s1. The summed E-state index contributed by atoms with van der Waals surface area (Å²) in [6.45, 7) is 4.33. The summed E-state index contributed by atoms with van der Waals surface area (Å²) in [5, 5.41) is 3.48. The molecule has 0 aliphatic carbocycles. The second-order valence-corrected chi connectivity index (χ2v) is 5.19. The van der Waals surface area contributed by atoms with Crippen molar-refractivity contribution in [2.24, 2.45) is 0 Å². The van der Waals surface area contributed by atoms with E-state index in [-0.39, 0.29) is 6.04 Å². The predicted molar refractivity (Wildman–Crippen MR) is 81.5 cm³/mol. The molecule has 4 nitrogen and oxygen atoms in total. The molecule has 0 spiro atoms. The van der Waals surface area contributed by atoms with Crippen LogP contribution in [0.3, 0.4) is 0 Å². The van der Waals surface area contributed by atoms with Gasteiger partial charge in [0.1, 0.15) is 0 Å². The Kier molecular flexibility index (Phi) is 4.36. The van der Waals surface area contributed by atoms with Crippen LogP contribution in [0, 0.1) is 0 Å². The number of pyridine rings is 1. The van der Waals surface area contributed by atoms with Crippen molar-refractivity contribution < 1.29 is 9.47 Å². The highest BCUT2D eigenvalue weighted by atomic mass is 16.5. The van der Waals surface area contributed by atoms with Gasteiger partial charge in [-0.2, -0.15) is 0 Å². The number of nitrogens with one attached hydrogen (secondary N) is 1. The quantitative estimate of drug-likeness (QED) is 0.937. The molecule has 4 heteroatoms. The van der Waals surface area contributed by atoms with E-state index in [1.807, 2.05) is 30.5 Å². The van der Waals surface area contributed by atoms with Crippen LogP contribution in [0.15, 0.2) is 42.6 Å². The van der Waals surface area contributed by atoms with Gasteiger partial charge in [0, 0.05) is 25.2 Å². The molecule has 0 bridgehead atoms. The molecule has 2 heterocycles. The molecule has 1 atom stereocenters. The monoisotopic (exact) mass is 284 g/mol. The number of rotatable bonds is 4. The van der Waals surface area contributed by atoms with E-state index < -0.39 is 0 Å². The summed E-state index contributed by atoms with van der Waals surface area (Å²) in [5.41, 5.74) is 2.23. The van der Waals surface area contributed by atoms with Crippen LogP contribution in [0.1, 0.15) is 30.6 Å². The van der Waals surface area contributed by atoms with Gasteiger partial charge in [0.25, 0.3) is 0 Å². The SMILES string of the molecule is C[C@@H](NCc1ccc2c(c1)OCCCO2)c1ccccn1. The Bertz CT molecular complexity index is 587. The number of aromatic nitrogens is 1. The number of fused-ring (bicyclic) bond motifs is 1. The van der Waals surface area contributed by atoms with Gasteiger partial charge in [0.05, 0.1) is 18.9 Å². The average Bonchev–Trinajstić information content (AvgIpc) is 2.78. The lowest BCUT2D eigenvalue weighted by atomic mass is 10.1. The largest absolute Gasteiger partial charge is 0.490 e. The first-order valence-electron chi connectivity index (χ1n) is 7.36. The van der Waals surface area contributed by atoms with Crippen molar-refractivity contribution in [2.75, 3.05) is 13.2 Å². The smallest absolute Gasteiger partial charge is 0.161 e. The lowest BCUT2D eigenvalue weighted by Gasteiger charge is -2.14. The Morgan fingerprint density at radius 3 is 2.81 bits per heavy atom. The van der Waals surface area contributed by atoms with Gasteiger partial charge in [0.15, 0.2) is 11.5 Å². The highest BCUT2D eigenvalue weighted by molar-refractivity contribution is 5.43. The van der Waals surface area contributed by atoms with Crippen LogP contribution in [0.4, 0.5) is 0 Å². The van der Waals surface area contributed by atoms with Crippen molar-refractivity contribution in [3.8, 4) is 11.5 Å². The molecule has 0 saturated heterocycles. The van der Waals surface area contributed by atoms with Gasteiger partial charge >= 0.3 is 0 Å². The lowest BCUT2D eigenvalue weighted by molar-refractivity contribution is 0.297. The molecular formula is C17H20N2O2. The zero-order chi connectivity index (χ0) is 14.5. The van der Waals surface area contributed by atoms with Gasteiger partial charge in [-0.1, -0.05) is 12.1 Å². The lowest BCUT2D eigenvalue weighted by Crippen LogP contribution is -2.19. The highest BCUT2D eigenvalue weighted by Crippen LogP contribution is 2.30. The molecule has 1 N–H and O–H groups in total. The first-order chi connectivity index (χ1) is 10.3. The van der Waals surface area contributed by atoms with E-state index >= 15 is 0 Å². The van der Waals surface area contributed by atoms with Crippen LogP contribution in [-0.4, -0.2) is 18.2 Å². The Hall–Kier alpha value is -2.07. The van der Waals surface area contributed by atoms with E-state index in [9.17, 15) is 0 Å². The van der Waals surface area contributed by atoms with E-state index in [2.05, 4.69) is 29.4 Å². The van der Waals surface area contributed by atoms with Crippen molar-refractivity contribution in [3.05, 3.63) is 53.9 Å². The first kappa shape index (κ1) is 13.9. The van der Waals surface area contributed by atoms with Gasteiger partial charge in [-0.3, -0.25) is 4.98 Å². The molecule has 0 radical (unpaired) electrons. The van der Waals surface area contributed by atoms with E-state index in [4.69, 9.17) is 9.47 Å². The average molecular weight is 284 g/mol. The van der Waals surface area contributed by atoms with Crippen LogP contribution in [0.25, 0.3) is 0 Å². The molecule has 1 aromatic carbocycles. The Morgan fingerprint density at radius 1 is 1.14 bits per heavy atom. The minimum absolute atomic E-state index is 0.210. The van der Waals surface area contributed by atoms with Gasteiger partial charge < -0.3 is 14.8 Å². The minimum atomic E-state index is 0.210. The second-order valence-electron chi connectivity index (χ2n) is 5.19. The van der Waals surface area contributed by atoms with Crippen molar-refractivity contribution >= 4 is 0 Å². The summed E-state index contributed by atoms with van der Waals surface area (Å²) >= 11 is 0. The summed E-state index contributed by atoms with van der Waals surface area (Å²) in [7, 11) is 0. The van der Waals surface area contributed by atoms with Crippen LogP contribution < -0.4 is 14.8 Å². The van der Waals surface area contributed by atoms with E-state index in [0.717, 1.165) is 36.8 Å². The first-order valence-corrected chi connectivity index (χ1v) is 7.36. The maximum Gasteiger partial charge on any atom is 0.161 e. The molecule has 0 fully saturated rings. The number of hydrogen-bond donors (Lipinski definition) is 1. The Morgan fingerprint density at radius 2 is 2.00 bits per heavy atom. The van der Waals surface area contributed by atoms with Crippen LogP contribution in [0.2, 0.25) is 0 Å². The molecule has 1 aliphatic heterocycles. The van der Waals surface area contributed by atoms with Crippen molar-refractivity contribution in [3.63, 3.8) is 0 Å². The molecule has 0 unspecified atom stereocenters. The van der Waals surface area contributed by atoms with Crippen molar-refractivity contribution in [1.82, 2.24) is 10.3 Å². The van der Waals surface area contributed by atoms with E-state index in [1.165, 1.54) is 5.56 Å². The summed E-state index contributed by atoms with van der Waals surface area (Å²) in [6.07, 6.45) is 2.75. The maximum absolute atomic E-state index is 5.72. The van der Waals surface area contributed by atoms with Gasteiger partial charge in [-0.15, -0.1) is 0 Å². The maximum atomic E-state index is 5.72. The molecule has 1 aliphatic rings.